The lowest BCUT2D eigenvalue weighted by Gasteiger charge is -2.12. The number of hydrogen-bond acceptors (Lipinski definition) is 4. The van der Waals surface area contributed by atoms with Gasteiger partial charge >= 0.3 is 0 Å². The van der Waals surface area contributed by atoms with E-state index in [0.29, 0.717) is 17.0 Å². The highest BCUT2D eigenvalue weighted by molar-refractivity contribution is 5.79. The van der Waals surface area contributed by atoms with Gasteiger partial charge in [0.05, 0.1) is 5.70 Å². The van der Waals surface area contributed by atoms with E-state index in [-0.39, 0.29) is 18.3 Å². The maximum atomic E-state index is 11.6. The lowest BCUT2D eigenvalue weighted by molar-refractivity contribution is -0.123. The van der Waals surface area contributed by atoms with E-state index >= 15 is 0 Å². The molecule has 0 atom stereocenters. The molecule has 0 radical (unpaired) electrons. The van der Waals surface area contributed by atoms with Gasteiger partial charge in [0.15, 0.2) is 6.61 Å². The number of hydrazine groups is 1. The summed E-state index contributed by atoms with van der Waals surface area (Å²) in [4.78, 5) is 11.6. The van der Waals surface area contributed by atoms with Crippen molar-refractivity contribution in [2.75, 3.05) is 6.61 Å². The van der Waals surface area contributed by atoms with E-state index in [4.69, 9.17) is 4.74 Å². The van der Waals surface area contributed by atoms with Gasteiger partial charge in [0.25, 0.3) is 5.91 Å². The second-order valence-electron chi connectivity index (χ2n) is 4.27. The van der Waals surface area contributed by atoms with Crippen molar-refractivity contribution in [3.05, 3.63) is 66.7 Å². The fourth-order valence-corrected chi connectivity index (χ4v) is 1.64. The van der Waals surface area contributed by atoms with Crippen molar-refractivity contribution in [2.45, 2.75) is 0 Å². The largest absolute Gasteiger partial charge is 0.507 e. The number of phenolic OH excluding ortho intramolecular Hbond substituents is 1. The molecule has 0 unspecified atom stereocenters. The Morgan fingerprint density at radius 3 is 2.43 bits per heavy atom. The van der Waals surface area contributed by atoms with Crippen LogP contribution in [0.4, 0.5) is 0 Å². The number of carbonyl (C=O) groups is 1. The van der Waals surface area contributed by atoms with Crippen LogP contribution in [-0.4, -0.2) is 17.6 Å². The van der Waals surface area contributed by atoms with E-state index in [9.17, 15) is 9.90 Å². The van der Waals surface area contributed by atoms with Gasteiger partial charge in [0, 0.05) is 5.56 Å². The maximum absolute atomic E-state index is 11.6. The molecule has 0 fully saturated rings. The molecule has 2 rings (SSSR count). The Morgan fingerprint density at radius 1 is 1.05 bits per heavy atom. The molecule has 0 aliphatic heterocycles. The van der Waals surface area contributed by atoms with Crippen LogP contribution in [-0.2, 0) is 4.79 Å². The molecule has 1 amide bonds. The van der Waals surface area contributed by atoms with Crippen LogP contribution in [0.3, 0.4) is 0 Å². The molecule has 5 heteroatoms. The summed E-state index contributed by atoms with van der Waals surface area (Å²) >= 11 is 0. The van der Waals surface area contributed by atoms with Crippen LogP contribution < -0.4 is 15.6 Å². The van der Waals surface area contributed by atoms with Crippen LogP contribution >= 0.6 is 0 Å². The minimum absolute atomic E-state index is 0.0878. The second-order valence-corrected chi connectivity index (χ2v) is 4.27. The molecule has 5 nitrogen and oxygen atoms in total. The first-order chi connectivity index (χ1) is 10.2. The molecule has 108 valence electrons. The topological polar surface area (TPSA) is 70.6 Å². The van der Waals surface area contributed by atoms with Crippen molar-refractivity contribution in [1.29, 1.82) is 0 Å². The number of phenols is 1. The van der Waals surface area contributed by atoms with E-state index in [0.717, 1.165) is 0 Å². The molecule has 3 N–H and O–H groups in total. The number of benzene rings is 2. The first-order valence-corrected chi connectivity index (χ1v) is 6.37. The predicted molar refractivity (Wildman–Crippen MR) is 80.4 cm³/mol. The number of amides is 1. The average Bonchev–Trinajstić information content (AvgIpc) is 2.52. The Bertz CT molecular complexity index is 626. The highest BCUT2D eigenvalue weighted by Crippen LogP contribution is 2.20. The number of carbonyl (C=O) groups excluding carboxylic acids is 1. The average molecular weight is 284 g/mol. The zero-order valence-corrected chi connectivity index (χ0v) is 11.4. The molecule has 0 bridgehead atoms. The standard InChI is InChI=1S/C16H16N2O3/c1-12(14-9-5-6-10-15(14)19)17-18-16(20)11-21-13-7-3-2-4-8-13/h2-10,17,19H,1,11H2,(H,18,20). The summed E-state index contributed by atoms with van der Waals surface area (Å²) < 4.78 is 5.30. The molecule has 0 aliphatic carbocycles. The van der Waals surface area contributed by atoms with Crippen molar-refractivity contribution in [2.24, 2.45) is 0 Å². The van der Waals surface area contributed by atoms with Gasteiger partial charge < -0.3 is 9.84 Å². The van der Waals surface area contributed by atoms with Crippen molar-refractivity contribution >= 4 is 11.6 Å². The Kier molecular flexibility index (Phi) is 4.82. The molecule has 2 aromatic carbocycles. The number of para-hydroxylation sites is 2. The van der Waals surface area contributed by atoms with Gasteiger partial charge in [-0.25, -0.2) is 0 Å². The summed E-state index contributed by atoms with van der Waals surface area (Å²) in [5, 5.41) is 9.66. The van der Waals surface area contributed by atoms with E-state index in [1.807, 2.05) is 18.2 Å². The van der Waals surface area contributed by atoms with Gasteiger partial charge in [-0.3, -0.25) is 15.6 Å². The summed E-state index contributed by atoms with van der Waals surface area (Å²) in [5.74, 6) is 0.354. The zero-order valence-electron chi connectivity index (χ0n) is 11.4. The molecular formula is C16H16N2O3. The number of ether oxygens (including phenoxy) is 1. The molecule has 21 heavy (non-hydrogen) atoms. The first kappa shape index (κ1) is 14.5. The van der Waals surface area contributed by atoms with E-state index in [1.54, 1.807) is 36.4 Å². The minimum atomic E-state index is -0.351. The monoisotopic (exact) mass is 284 g/mol. The number of aromatic hydroxyl groups is 1. The van der Waals surface area contributed by atoms with Crippen LogP contribution in [0.5, 0.6) is 11.5 Å². The van der Waals surface area contributed by atoms with Crippen LogP contribution in [0.1, 0.15) is 5.56 Å². The Morgan fingerprint density at radius 2 is 1.71 bits per heavy atom. The summed E-state index contributed by atoms with van der Waals surface area (Å²) in [7, 11) is 0. The summed E-state index contributed by atoms with van der Waals surface area (Å²) in [5.41, 5.74) is 6.00. The highest BCUT2D eigenvalue weighted by atomic mass is 16.5. The van der Waals surface area contributed by atoms with Gasteiger partial charge in [0.2, 0.25) is 0 Å². The second kappa shape index (κ2) is 7.00. The van der Waals surface area contributed by atoms with Crippen LogP contribution in [0, 0.1) is 0 Å². The number of hydrogen-bond donors (Lipinski definition) is 3. The Labute approximate surface area is 122 Å². The summed E-state index contributed by atoms with van der Waals surface area (Å²) in [6, 6.07) is 15.8. The van der Waals surface area contributed by atoms with Crippen molar-refractivity contribution in [3.63, 3.8) is 0 Å². The molecule has 0 spiro atoms. The van der Waals surface area contributed by atoms with Crippen LogP contribution in [0.2, 0.25) is 0 Å². The molecule has 0 saturated heterocycles. The molecule has 0 saturated carbocycles. The van der Waals surface area contributed by atoms with Crippen LogP contribution in [0.25, 0.3) is 5.70 Å². The zero-order chi connectivity index (χ0) is 15.1. The quantitative estimate of drug-likeness (QED) is 0.710. The van der Waals surface area contributed by atoms with Crippen molar-refractivity contribution < 1.29 is 14.6 Å². The maximum Gasteiger partial charge on any atom is 0.276 e. The van der Waals surface area contributed by atoms with Gasteiger partial charge in [-0.2, -0.15) is 0 Å². The highest BCUT2D eigenvalue weighted by Gasteiger charge is 2.06. The minimum Gasteiger partial charge on any atom is -0.507 e. The lowest BCUT2D eigenvalue weighted by atomic mass is 10.1. The van der Waals surface area contributed by atoms with Crippen LogP contribution in [0.15, 0.2) is 61.2 Å². The van der Waals surface area contributed by atoms with Crippen molar-refractivity contribution in [1.82, 2.24) is 10.9 Å². The van der Waals surface area contributed by atoms with E-state index < -0.39 is 0 Å². The first-order valence-electron chi connectivity index (χ1n) is 6.37. The van der Waals surface area contributed by atoms with E-state index in [1.165, 1.54) is 0 Å². The SMILES string of the molecule is C=C(NNC(=O)COc1ccccc1)c1ccccc1O. The lowest BCUT2D eigenvalue weighted by Crippen LogP contribution is -2.38. The Balaban J connectivity index is 1.79. The molecule has 2 aromatic rings. The predicted octanol–water partition coefficient (Wildman–Crippen LogP) is 2.06. The summed E-state index contributed by atoms with van der Waals surface area (Å²) in [6.45, 7) is 3.63. The molecule has 0 heterocycles. The molecule has 0 aromatic heterocycles. The fraction of sp³-hybridized carbons (Fsp3) is 0.0625. The van der Waals surface area contributed by atoms with Crippen molar-refractivity contribution in [3.8, 4) is 11.5 Å². The van der Waals surface area contributed by atoms with E-state index in [2.05, 4.69) is 17.4 Å². The van der Waals surface area contributed by atoms with Gasteiger partial charge in [-0.1, -0.05) is 36.9 Å². The third kappa shape index (κ3) is 4.28. The molecular weight excluding hydrogens is 268 g/mol. The third-order valence-corrected chi connectivity index (χ3v) is 2.70. The number of nitrogens with one attached hydrogen (secondary N) is 2. The molecule has 0 aliphatic rings. The fourth-order valence-electron chi connectivity index (χ4n) is 1.64. The number of rotatable bonds is 6. The third-order valence-electron chi connectivity index (χ3n) is 2.70. The van der Waals surface area contributed by atoms with Gasteiger partial charge in [-0.15, -0.1) is 0 Å². The smallest absolute Gasteiger partial charge is 0.276 e. The normalized spacial score (nSPS) is 9.71. The van der Waals surface area contributed by atoms with Gasteiger partial charge in [-0.05, 0) is 24.3 Å². The Hall–Kier alpha value is -2.95. The summed E-state index contributed by atoms with van der Waals surface area (Å²) in [6.07, 6.45) is 0. The van der Waals surface area contributed by atoms with Gasteiger partial charge in [0.1, 0.15) is 11.5 Å².